The van der Waals surface area contributed by atoms with Gasteiger partial charge in [0.05, 0.1) is 0 Å². The summed E-state index contributed by atoms with van der Waals surface area (Å²) in [5, 5.41) is 11.0. The van der Waals surface area contributed by atoms with Crippen molar-refractivity contribution >= 4 is 48.8 Å². The molecule has 5 rings (SSSR count). The van der Waals surface area contributed by atoms with Crippen LogP contribution >= 0.6 is 0 Å². The molecule has 0 unspecified atom stereocenters. The average molecular weight is 534 g/mol. The molecule has 2 aliphatic rings. The van der Waals surface area contributed by atoms with Crippen LogP contribution in [0, 0.1) is 10.1 Å². The first-order valence-electron chi connectivity index (χ1n) is 10.5. The van der Waals surface area contributed by atoms with Gasteiger partial charge in [-0.3, -0.25) is 0 Å². The molecule has 0 aromatic heterocycles. The molecular weight excluding hydrogens is 517 g/mol. The Balaban J connectivity index is 1.40. The fourth-order valence-electron chi connectivity index (χ4n) is 3.54. The van der Waals surface area contributed by atoms with E-state index in [4.69, 9.17) is 9.47 Å². The number of benzene rings is 3. The van der Waals surface area contributed by atoms with Gasteiger partial charge in [0, 0.05) is 0 Å². The quantitative estimate of drug-likeness (QED) is 0.149. The number of nitrogens with zero attached hydrogens (tertiary/aromatic N) is 3. The summed E-state index contributed by atoms with van der Waals surface area (Å²) in [5.74, 6) is 0.796. The molecule has 0 spiro atoms. The number of amides is 1. The Morgan fingerprint density at radius 1 is 1.06 bits per heavy atom. The number of anilines is 1. The van der Waals surface area contributed by atoms with Gasteiger partial charge in [0.25, 0.3) is 0 Å². The van der Waals surface area contributed by atoms with Crippen molar-refractivity contribution in [3.63, 3.8) is 0 Å². The summed E-state index contributed by atoms with van der Waals surface area (Å²) in [5.41, 5.74) is 1.96. The van der Waals surface area contributed by atoms with E-state index < -0.39 is 19.9 Å². The number of ketones is 1. The number of Topliss-reactive ketones (excluding diaryl/α,β-unsaturated/α-hetero) is 1. The van der Waals surface area contributed by atoms with Crippen molar-refractivity contribution in [1.82, 2.24) is 0 Å². The summed E-state index contributed by atoms with van der Waals surface area (Å²) in [4.78, 5) is 42.5. The van der Waals surface area contributed by atoms with Gasteiger partial charge in [-0.15, -0.1) is 0 Å². The Hall–Kier alpha value is -4.27. The van der Waals surface area contributed by atoms with Crippen LogP contribution in [0.1, 0.15) is 15.9 Å². The standard InChI is InChI=1S/C25H17N3O6Se/c29-21(17-7-9-19(10-8-17)28(31)32)14-35-25-26-20(24(30)27(25)18-4-2-1-3-5-18)12-16-6-11-22-23(13-16)34-15-33-22/h1-13H,14-15H2/b20-12-. The maximum atomic E-state index is 13.3. The fourth-order valence-corrected chi connectivity index (χ4v) is 5.44. The molecular formula is C25H17N3O6Se. The van der Waals surface area contributed by atoms with Crippen LogP contribution in [0.4, 0.5) is 11.4 Å². The summed E-state index contributed by atoms with van der Waals surface area (Å²) in [6.07, 6.45) is 1.68. The zero-order chi connectivity index (χ0) is 24.4. The van der Waals surface area contributed by atoms with Crippen LogP contribution < -0.4 is 14.4 Å². The molecule has 1 amide bonds. The third kappa shape index (κ3) is 4.70. The molecule has 0 N–H and O–H groups in total. The second-order valence-electron chi connectivity index (χ2n) is 7.53. The van der Waals surface area contributed by atoms with Gasteiger partial charge in [-0.05, 0) is 0 Å². The summed E-state index contributed by atoms with van der Waals surface area (Å²) in [6, 6.07) is 20.0. The molecule has 0 saturated heterocycles. The second-order valence-corrected chi connectivity index (χ2v) is 9.51. The molecule has 0 fully saturated rings. The number of non-ortho nitro benzene ring substituents is 1. The Morgan fingerprint density at radius 3 is 2.54 bits per heavy atom. The molecule has 35 heavy (non-hydrogen) atoms. The molecule has 3 aromatic carbocycles. The molecule has 0 atom stereocenters. The Labute approximate surface area is 206 Å². The summed E-state index contributed by atoms with van der Waals surface area (Å²) >= 11 is -0.463. The van der Waals surface area contributed by atoms with Gasteiger partial charge < -0.3 is 0 Å². The zero-order valence-corrected chi connectivity index (χ0v) is 19.8. The van der Waals surface area contributed by atoms with Crippen molar-refractivity contribution in [3.05, 3.63) is 99.7 Å². The number of para-hydroxylation sites is 1. The van der Waals surface area contributed by atoms with Crippen LogP contribution in [0.5, 0.6) is 11.5 Å². The van der Waals surface area contributed by atoms with Gasteiger partial charge in [-0.1, -0.05) is 0 Å². The molecule has 2 heterocycles. The van der Waals surface area contributed by atoms with Crippen molar-refractivity contribution in [3.8, 4) is 11.5 Å². The van der Waals surface area contributed by atoms with E-state index in [1.165, 1.54) is 29.2 Å². The fraction of sp³-hybridized carbons (Fsp3) is 0.0800. The van der Waals surface area contributed by atoms with E-state index >= 15 is 0 Å². The zero-order valence-electron chi connectivity index (χ0n) is 18.1. The second kappa shape index (κ2) is 9.54. The van der Waals surface area contributed by atoms with Gasteiger partial charge >= 0.3 is 206 Å². The molecule has 174 valence electrons. The van der Waals surface area contributed by atoms with E-state index in [0.717, 1.165) is 5.56 Å². The predicted octanol–water partition coefficient (Wildman–Crippen LogP) is 4.07. The molecule has 0 aliphatic carbocycles. The number of carbonyl (C=O) groups is 2. The number of aliphatic imine (C=N–C) groups is 1. The minimum absolute atomic E-state index is 0.0774. The number of nitro groups is 1. The molecule has 0 radical (unpaired) electrons. The van der Waals surface area contributed by atoms with Crippen molar-refractivity contribution in [2.24, 2.45) is 4.99 Å². The average Bonchev–Trinajstić information content (AvgIpc) is 3.47. The first-order chi connectivity index (χ1) is 17.0. The number of hydrogen-bond acceptors (Lipinski definition) is 7. The monoisotopic (exact) mass is 535 g/mol. The van der Waals surface area contributed by atoms with Crippen LogP contribution in [0.2, 0.25) is 5.32 Å². The predicted molar refractivity (Wildman–Crippen MR) is 130 cm³/mol. The number of amidine groups is 1. The number of hydrogen-bond donors (Lipinski definition) is 0. The third-order valence-corrected chi connectivity index (χ3v) is 7.25. The maximum absolute atomic E-state index is 13.3. The van der Waals surface area contributed by atoms with Crippen LogP contribution in [0.15, 0.2) is 83.5 Å². The molecule has 9 nitrogen and oxygen atoms in total. The van der Waals surface area contributed by atoms with E-state index in [-0.39, 0.29) is 35.2 Å². The van der Waals surface area contributed by atoms with Crippen LogP contribution in [-0.4, -0.2) is 43.1 Å². The van der Waals surface area contributed by atoms with E-state index in [1.54, 1.807) is 18.2 Å². The molecule has 0 saturated carbocycles. The Morgan fingerprint density at radius 2 is 1.80 bits per heavy atom. The number of fused-ring (bicyclic) bond motifs is 1. The van der Waals surface area contributed by atoms with Crippen molar-refractivity contribution < 1.29 is 24.0 Å². The summed E-state index contributed by atoms with van der Waals surface area (Å²) in [6.45, 7) is 0.156. The summed E-state index contributed by atoms with van der Waals surface area (Å²) < 4.78 is 11.3. The van der Waals surface area contributed by atoms with E-state index in [9.17, 15) is 19.7 Å². The van der Waals surface area contributed by atoms with Crippen LogP contribution in [0.3, 0.4) is 0 Å². The SMILES string of the molecule is O=C(C[Se]C1=N/C(=C\c2ccc3c(c2)OCO3)C(=O)N1c1ccccc1)c1ccc([N+](=O)[O-])cc1. The van der Waals surface area contributed by atoms with Crippen molar-refractivity contribution in [2.75, 3.05) is 11.7 Å². The number of nitro benzene ring substituents is 1. The van der Waals surface area contributed by atoms with Crippen LogP contribution in [0.25, 0.3) is 6.08 Å². The van der Waals surface area contributed by atoms with Crippen molar-refractivity contribution in [1.29, 1.82) is 0 Å². The van der Waals surface area contributed by atoms with Gasteiger partial charge in [0.15, 0.2) is 0 Å². The number of carbonyl (C=O) groups excluding carboxylic acids is 2. The minimum atomic E-state index is -0.511. The van der Waals surface area contributed by atoms with Gasteiger partial charge in [-0.2, -0.15) is 0 Å². The molecule has 3 aromatic rings. The first kappa shape index (κ1) is 22.5. The van der Waals surface area contributed by atoms with E-state index in [1.807, 2.05) is 36.4 Å². The van der Waals surface area contributed by atoms with Gasteiger partial charge in [0.1, 0.15) is 0 Å². The Kier molecular flexibility index (Phi) is 6.13. The van der Waals surface area contributed by atoms with Gasteiger partial charge in [0.2, 0.25) is 0 Å². The molecule has 2 aliphatic heterocycles. The first-order valence-corrected chi connectivity index (χ1v) is 12.6. The van der Waals surface area contributed by atoms with E-state index in [2.05, 4.69) is 4.99 Å². The normalized spacial score (nSPS) is 15.4. The van der Waals surface area contributed by atoms with Crippen LogP contribution in [-0.2, 0) is 4.79 Å². The topological polar surface area (TPSA) is 111 Å². The summed E-state index contributed by atoms with van der Waals surface area (Å²) in [7, 11) is 0. The Bertz CT molecular complexity index is 1390. The molecule has 0 bridgehead atoms. The van der Waals surface area contributed by atoms with E-state index in [0.29, 0.717) is 27.5 Å². The molecule has 10 heteroatoms. The third-order valence-electron chi connectivity index (χ3n) is 5.28. The number of rotatable bonds is 7. The number of ether oxygens (including phenoxy) is 2. The van der Waals surface area contributed by atoms with Gasteiger partial charge in [-0.25, -0.2) is 0 Å². The van der Waals surface area contributed by atoms with Crippen molar-refractivity contribution in [2.45, 2.75) is 5.32 Å².